The van der Waals surface area contributed by atoms with Gasteiger partial charge < -0.3 is 5.32 Å². The van der Waals surface area contributed by atoms with Gasteiger partial charge in [-0.1, -0.05) is 6.92 Å². The Balaban J connectivity index is 2.68. The molecule has 0 spiro atoms. The molecular weight excluding hydrogens is 238 g/mol. The number of hydrogen-bond donors (Lipinski definition) is 1. The summed E-state index contributed by atoms with van der Waals surface area (Å²) >= 11 is 0. The Labute approximate surface area is 105 Å². The number of rotatable bonds is 5. The van der Waals surface area contributed by atoms with Crippen LogP contribution in [0.4, 0.5) is 0 Å². The monoisotopic (exact) mass is 263 g/mol. The molecule has 1 fully saturated rings. The lowest BCUT2D eigenvalue weighted by Gasteiger charge is -2.39. The van der Waals surface area contributed by atoms with Gasteiger partial charge in [-0.2, -0.15) is 4.31 Å². The number of sulfonamides is 1. The van der Waals surface area contributed by atoms with Gasteiger partial charge in [-0.15, -0.1) is 0 Å². The summed E-state index contributed by atoms with van der Waals surface area (Å²) in [5.41, 5.74) is 0. The molecule has 0 amide bonds. The summed E-state index contributed by atoms with van der Waals surface area (Å²) in [4.78, 5) is 2.31. The third kappa shape index (κ3) is 3.40. The lowest BCUT2D eigenvalue weighted by molar-refractivity contribution is 0.135. The van der Waals surface area contributed by atoms with Crippen LogP contribution in [0.3, 0.4) is 0 Å². The van der Waals surface area contributed by atoms with E-state index in [0.29, 0.717) is 25.7 Å². The van der Waals surface area contributed by atoms with E-state index in [9.17, 15) is 8.42 Å². The Morgan fingerprint density at radius 3 is 2.53 bits per heavy atom. The molecule has 1 heterocycles. The second-order valence-electron chi connectivity index (χ2n) is 4.75. The fourth-order valence-corrected chi connectivity index (χ4v) is 3.96. The van der Waals surface area contributed by atoms with Gasteiger partial charge in [-0.05, 0) is 27.4 Å². The second-order valence-corrected chi connectivity index (χ2v) is 7.10. The van der Waals surface area contributed by atoms with Gasteiger partial charge in [0.1, 0.15) is 0 Å². The van der Waals surface area contributed by atoms with Crippen LogP contribution in [0.25, 0.3) is 0 Å². The van der Waals surface area contributed by atoms with Gasteiger partial charge in [0.15, 0.2) is 0 Å². The van der Waals surface area contributed by atoms with Crippen molar-refractivity contribution >= 4 is 10.0 Å². The molecule has 2 atom stereocenters. The maximum Gasteiger partial charge on any atom is 0.218 e. The van der Waals surface area contributed by atoms with Crippen molar-refractivity contribution in [2.24, 2.45) is 0 Å². The molecule has 1 rings (SSSR count). The normalized spacial score (nSPS) is 26.0. The molecule has 0 radical (unpaired) electrons. The minimum absolute atomic E-state index is 0.310. The summed E-state index contributed by atoms with van der Waals surface area (Å²) in [5.74, 6) is 0. The first-order valence-corrected chi connectivity index (χ1v) is 7.81. The van der Waals surface area contributed by atoms with E-state index in [-0.39, 0.29) is 5.25 Å². The molecule has 1 N–H and O–H groups in total. The number of nitrogens with zero attached hydrogens (tertiary/aromatic N) is 2. The van der Waals surface area contributed by atoms with Gasteiger partial charge >= 0.3 is 0 Å². The summed E-state index contributed by atoms with van der Waals surface area (Å²) in [6.45, 7) is 9.54. The lowest BCUT2D eigenvalue weighted by Crippen LogP contribution is -2.55. The SMILES string of the molecule is CCN1CCN(S(=O)(=O)C(C)CNC)CC1C. The standard InChI is InChI=1S/C11H25N3O2S/c1-5-13-6-7-14(9-10(13)2)17(15,16)11(3)8-12-4/h10-12H,5-9H2,1-4H3. The molecule has 0 saturated carbocycles. The van der Waals surface area contributed by atoms with Crippen LogP contribution in [-0.2, 0) is 10.0 Å². The Morgan fingerprint density at radius 1 is 1.41 bits per heavy atom. The zero-order valence-corrected chi connectivity index (χ0v) is 12.1. The molecule has 0 aromatic rings. The first kappa shape index (κ1) is 14.9. The topological polar surface area (TPSA) is 52.7 Å². The summed E-state index contributed by atoms with van der Waals surface area (Å²) < 4.78 is 26.2. The van der Waals surface area contributed by atoms with E-state index in [2.05, 4.69) is 24.1 Å². The highest BCUT2D eigenvalue weighted by molar-refractivity contribution is 7.89. The molecule has 6 heteroatoms. The number of nitrogens with one attached hydrogen (secondary N) is 1. The summed E-state index contributed by atoms with van der Waals surface area (Å²) in [7, 11) is -1.36. The van der Waals surface area contributed by atoms with Crippen molar-refractivity contribution in [1.29, 1.82) is 0 Å². The maximum atomic E-state index is 12.3. The van der Waals surface area contributed by atoms with Gasteiger partial charge in [0.2, 0.25) is 10.0 Å². The van der Waals surface area contributed by atoms with E-state index in [0.717, 1.165) is 13.1 Å². The summed E-state index contributed by atoms with van der Waals surface area (Å²) in [6, 6.07) is 0.310. The van der Waals surface area contributed by atoms with E-state index < -0.39 is 10.0 Å². The Hall–Kier alpha value is -0.170. The van der Waals surface area contributed by atoms with Crippen molar-refractivity contribution in [3.05, 3.63) is 0 Å². The zero-order chi connectivity index (χ0) is 13.1. The summed E-state index contributed by atoms with van der Waals surface area (Å²) in [5, 5.41) is 2.57. The van der Waals surface area contributed by atoms with E-state index in [1.54, 1.807) is 18.3 Å². The largest absolute Gasteiger partial charge is 0.318 e. The van der Waals surface area contributed by atoms with Crippen LogP contribution in [-0.4, -0.2) is 68.7 Å². The van der Waals surface area contributed by atoms with Crippen molar-refractivity contribution < 1.29 is 8.42 Å². The van der Waals surface area contributed by atoms with Crippen molar-refractivity contribution in [3.63, 3.8) is 0 Å². The molecule has 1 aliphatic heterocycles. The highest BCUT2D eigenvalue weighted by atomic mass is 32.2. The van der Waals surface area contributed by atoms with Gasteiger partial charge in [0.25, 0.3) is 0 Å². The van der Waals surface area contributed by atoms with Crippen LogP contribution in [0.2, 0.25) is 0 Å². The minimum atomic E-state index is -3.14. The van der Waals surface area contributed by atoms with Crippen LogP contribution >= 0.6 is 0 Å². The molecule has 2 unspecified atom stereocenters. The van der Waals surface area contributed by atoms with Crippen LogP contribution in [0.1, 0.15) is 20.8 Å². The van der Waals surface area contributed by atoms with Crippen LogP contribution in [0, 0.1) is 0 Å². The predicted molar refractivity (Wildman–Crippen MR) is 70.6 cm³/mol. The smallest absolute Gasteiger partial charge is 0.218 e. The zero-order valence-electron chi connectivity index (χ0n) is 11.3. The molecule has 0 aliphatic carbocycles. The van der Waals surface area contributed by atoms with Gasteiger partial charge in [0, 0.05) is 32.2 Å². The van der Waals surface area contributed by atoms with E-state index in [1.807, 2.05) is 0 Å². The number of hydrogen-bond acceptors (Lipinski definition) is 4. The highest BCUT2D eigenvalue weighted by Crippen LogP contribution is 2.16. The number of piperazine rings is 1. The fourth-order valence-electron chi connectivity index (χ4n) is 2.31. The van der Waals surface area contributed by atoms with Crippen molar-refractivity contribution in [2.45, 2.75) is 32.1 Å². The molecule has 5 nitrogen and oxygen atoms in total. The van der Waals surface area contributed by atoms with Crippen LogP contribution < -0.4 is 5.32 Å². The molecule has 0 aromatic heterocycles. The molecule has 17 heavy (non-hydrogen) atoms. The maximum absolute atomic E-state index is 12.3. The predicted octanol–water partition coefficient (Wildman–Crippen LogP) is -0.0499. The first-order valence-electron chi connectivity index (χ1n) is 6.31. The molecule has 0 bridgehead atoms. The Morgan fingerprint density at radius 2 is 2.06 bits per heavy atom. The molecule has 1 aliphatic rings. The van der Waals surface area contributed by atoms with E-state index >= 15 is 0 Å². The molecule has 1 saturated heterocycles. The third-order valence-corrected chi connectivity index (χ3v) is 5.73. The van der Waals surface area contributed by atoms with E-state index in [1.165, 1.54) is 0 Å². The first-order chi connectivity index (χ1) is 7.93. The lowest BCUT2D eigenvalue weighted by atomic mass is 10.2. The van der Waals surface area contributed by atoms with Crippen molar-refractivity contribution in [3.8, 4) is 0 Å². The van der Waals surface area contributed by atoms with Crippen LogP contribution in [0.15, 0.2) is 0 Å². The van der Waals surface area contributed by atoms with Crippen molar-refractivity contribution in [1.82, 2.24) is 14.5 Å². The molecular formula is C11H25N3O2S. The van der Waals surface area contributed by atoms with Gasteiger partial charge in [-0.25, -0.2) is 8.42 Å². The second kappa shape index (κ2) is 6.13. The minimum Gasteiger partial charge on any atom is -0.318 e. The third-order valence-electron chi connectivity index (χ3n) is 3.49. The summed E-state index contributed by atoms with van der Waals surface area (Å²) in [6.07, 6.45) is 0. The Bertz CT molecular complexity index is 332. The Kier molecular flexibility index (Phi) is 5.37. The highest BCUT2D eigenvalue weighted by Gasteiger charge is 2.33. The average molecular weight is 263 g/mol. The van der Waals surface area contributed by atoms with Crippen molar-refractivity contribution in [2.75, 3.05) is 39.8 Å². The average Bonchev–Trinajstić information content (AvgIpc) is 2.29. The number of likely N-dealkylation sites (N-methyl/N-ethyl adjacent to an activating group) is 1. The van der Waals surface area contributed by atoms with Crippen LogP contribution in [0.5, 0.6) is 0 Å². The quantitative estimate of drug-likeness (QED) is 0.756. The van der Waals surface area contributed by atoms with E-state index in [4.69, 9.17) is 0 Å². The van der Waals surface area contributed by atoms with Gasteiger partial charge in [0.05, 0.1) is 5.25 Å². The molecule has 0 aromatic carbocycles. The van der Waals surface area contributed by atoms with Gasteiger partial charge in [-0.3, -0.25) is 4.90 Å². The fraction of sp³-hybridized carbons (Fsp3) is 1.00. The molecule has 102 valence electrons.